The molecular formula is C15H24N2O2. The minimum Gasteiger partial charge on any atom is -0.496 e. The van der Waals surface area contributed by atoms with Crippen LogP contribution in [0.4, 0.5) is 0 Å². The van der Waals surface area contributed by atoms with E-state index in [-0.39, 0.29) is 5.91 Å². The van der Waals surface area contributed by atoms with Crippen LogP contribution < -0.4 is 15.4 Å². The molecule has 4 nitrogen and oxygen atoms in total. The summed E-state index contributed by atoms with van der Waals surface area (Å²) in [5.74, 6) is 0.814. The number of aryl methyl sites for hydroxylation is 2. The van der Waals surface area contributed by atoms with Gasteiger partial charge in [0.1, 0.15) is 5.75 Å². The summed E-state index contributed by atoms with van der Waals surface area (Å²) in [4.78, 5) is 11.7. The first-order valence-electron chi connectivity index (χ1n) is 6.58. The molecule has 0 aliphatic heterocycles. The van der Waals surface area contributed by atoms with Crippen molar-refractivity contribution in [2.45, 2.75) is 40.3 Å². The molecular weight excluding hydrogens is 240 g/mol. The molecule has 0 aliphatic rings. The molecule has 0 heterocycles. The van der Waals surface area contributed by atoms with Crippen LogP contribution in [0.3, 0.4) is 0 Å². The number of ether oxygens (including phenoxy) is 1. The molecule has 1 rings (SSSR count). The van der Waals surface area contributed by atoms with E-state index in [1.165, 1.54) is 11.1 Å². The molecule has 19 heavy (non-hydrogen) atoms. The van der Waals surface area contributed by atoms with Crippen LogP contribution in [0.5, 0.6) is 5.75 Å². The van der Waals surface area contributed by atoms with Gasteiger partial charge in [0.15, 0.2) is 0 Å². The Kier molecular flexibility index (Phi) is 5.83. The molecule has 2 N–H and O–H groups in total. The van der Waals surface area contributed by atoms with E-state index >= 15 is 0 Å². The molecule has 0 aliphatic carbocycles. The van der Waals surface area contributed by atoms with E-state index < -0.39 is 0 Å². The lowest BCUT2D eigenvalue weighted by Gasteiger charge is -2.13. The van der Waals surface area contributed by atoms with Crippen molar-refractivity contribution in [3.8, 4) is 5.75 Å². The number of rotatable bonds is 6. The Hall–Kier alpha value is -1.55. The molecule has 0 saturated heterocycles. The van der Waals surface area contributed by atoms with Gasteiger partial charge in [-0.15, -0.1) is 0 Å². The molecule has 0 radical (unpaired) electrons. The molecule has 1 aromatic carbocycles. The second-order valence-electron chi connectivity index (χ2n) is 5.06. The number of amides is 1. The predicted molar refractivity (Wildman–Crippen MR) is 77.5 cm³/mol. The van der Waals surface area contributed by atoms with Crippen LogP contribution in [0.2, 0.25) is 0 Å². The lowest BCUT2D eigenvalue weighted by molar-refractivity contribution is -0.120. The average Bonchev–Trinajstić information content (AvgIpc) is 2.37. The van der Waals surface area contributed by atoms with Crippen LogP contribution in [0.1, 0.15) is 30.5 Å². The third kappa shape index (κ3) is 4.91. The minimum absolute atomic E-state index is 0.00557. The smallest absolute Gasteiger partial charge is 0.234 e. The first-order valence-corrected chi connectivity index (χ1v) is 6.58. The zero-order valence-electron chi connectivity index (χ0n) is 12.5. The van der Waals surface area contributed by atoms with Crippen molar-refractivity contribution in [2.24, 2.45) is 0 Å². The van der Waals surface area contributed by atoms with Gasteiger partial charge in [-0.05, 0) is 31.0 Å². The zero-order chi connectivity index (χ0) is 14.4. The molecule has 0 saturated carbocycles. The summed E-state index contributed by atoms with van der Waals surface area (Å²) in [5.41, 5.74) is 3.39. The Morgan fingerprint density at radius 2 is 1.89 bits per heavy atom. The number of hydrogen-bond donors (Lipinski definition) is 2. The van der Waals surface area contributed by atoms with E-state index in [1.807, 2.05) is 26.8 Å². The first kappa shape index (κ1) is 15.5. The highest BCUT2D eigenvalue weighted by atomic mass is 16.5. The highest BCUT2D eigenvalue weighted by Crippen LogP contribution is 2.22. The summed E-state index contributed by atoms with van der Waals surface area (Å²) in [7, 11) is 1.65. The second-order valence-corrected chi connectivity index (χ2v) is 5.06. The molecule has 106 valence electrons. The van der Waals surface area contributed by atoms with Crippen molar-refractivity contribution in [3.63, 3.8) is 0 Å². The Bertz CT molecular complexity index is 442. The van der Waals surface area contributed by atoms with Crippen LogP contribution in [0.25, 0.3) is 0 Å². The number of hydrogen-bond acceptors (Lipinski definition) is 3. The van der Waals surface area contributed by atoms with Gasteiger partial charge in [0.25, 0.3) is 0 Å². The molecule has 0 unspecified atom stereocenters. The molecule has 1 amide bonds. The molecule has 0 aromatic heterocycles. The lowest BCUT2D eigenvalue weighted by Crippen LogP contribution is -2.36. The van der Waals surface area contributed by atoms with Crippen molar-refractivity contribution < 1.29 is 9.53 Å². The van der Waals surface area contributed by atoms with Crippen LogP contribution in [0.15, 0.2) is 12.1 Å². The largest absolute Gasteiger partial charge is 0.496 e. The van der Waals surface area contributed by atoms with Gasteiger partial charge in [-0.1, -0.05) is 19.9 Å². The fourth-order valence-electron chi connectivity index (χ4n) is 1.73. The Balaban J connectivity index is 2.62. The van der Waals surface area contributed by atoms with Crippen molar-refractivity contribution in [1.29, 1.82) is 0 Å². The summed E-state index contributed by atoms with van der Waals surface area (Å²) < 4.78 is 5.34. The van der Waals surface area contributed by atoms with E-state index in [9.17, 15) is 4.79 Å². The summed E-state index contributed by atoms with van der Waals surface area (Å²) in [6, 6.07) is 4.37. The molecule has 1 aromatic rings. The van der Waals surface area contributed by atoms with Gasteiger partial charge in [0.05, 0.1) is 13.7 Å². The molecule has 0 spiro atoms. The van der Waals surface area contributed by atoms with E-state index in [4.69, 9.17) is 4.74 Å². The first-order chi connectivity index (χ1) is 8.93. The number of benzene rings is 1. The normalized spacial score (nSPS) is 10.6. The summed E-state index contributed by atoms with van der Waals surface area (Å²) in [6.45, 7) is 8.96. The molecule has 0 atom stereocenters. The van der Waals surface area contributed by atoms with Gasteiger partial charge < -0.3 is 15.4 Å². The van der Waals surface area contributed by atoms with Crippen LogP contribution in [-0.2, 0) is 11.3 Å². The van der Waals surface area contributed by atoms with Crippen LogP contribution in [0, 0.1) is 13.8 Å². The number of methoxy groups -OCH3 is 1. The lowest BCUT2D eigenvalue weighted by atomic mass is 10.0. The second kappa shape index (κ2) is 7.14. The highest BCUT2D eigenvalue weighted by Gasteiger charge is 2.08. The van der Waals surface area contributed by atoms with Crippen molar-refractivity contribution in [2.75, 3.05) is 13.7 Å². The van der Waals surface area contributed by atoms with E-state index in [0.717, 1.165) is 11.3 Å². The monoisotopic (exact) mass is 264 g/mol. The molecule has 4 heteroatoms. The topological polar surface area (TPSA) is 50.4 Å². The van der Waals surface area contributed by atoms with Crippen molar-refractivity contribution >= 4 is 5.91 Å². The SMILES string of the molecule is COc1cc(C)c(C)cc1CNC(=O)CNC(C)C. The zero-order valence-corrected chi connectivity index (χ0v) is 12.5. The van der Waals surface area contributed by atoms with E-state index in [2.05, 4.69) is 23.6 Å². The van der Waals surface area contributed by atoms with Crippen LogP contribution >= 0.6 is 0 Å². The maximum Gasteiger partial charge on any atom is 0.234 e. The quantitative estimate of drug-likeness (QED) is 0.825. The average molecular weight is 264 g/mol. The Morgan fingerprint density at radius 3 is 2.47 bits per heavy atom. The summed E-state index contributed by atoms with van der Waals surface area (Å²) in [6.07, 6.45) is 0. The van der Waals surface area contributed by atoms with Crippen LogP contribution in [-0.4, -0.2) is 25.6 Å². The predicted octanol–water partition coefficient (Wildman–Crippen LogP) is 1.93. The Labute approximate surface area is 115 Å². The third-order valence-electron chi connectivity index (χ3n) is 3.04. The maximum atomic E-state index is 11.7. The number of carbonyl (C=O) groups excluding carboxylic acids is 1. The van der Waals surface area contributed by atoms with Gasteiger partial charge in [0.2, 0.25) is 5.91 Å². The van der Waals surface area contributed by atoms with Gasteiger partial charge in [-0.25, -0.2) is 0 Å². The molecule has 0 bridgehead atoms. The van der Waals surface area contributed by atoms with Crippen molar-refractivity contribution in [3.05, 3.63) is 28.8 Å². The van der Waals surface area contributed by atoms with E-state index in [1.54, 1.807) is 7.11 Å². The Morgan fingerprint density at radius 1 is 1.26 bits per heavy atom. The third-order valence-corrected chi connectivity index (χ3v) is 3.04. The van der Waals surface area contributed by atoms with Gasteiger partial charge in [0, 0.05) is 18.2 Å². The standard InChI is InChI=1S/C15H24N2O2/c1-10(2)16-9-15(18)17-8-13-6-11(3)12(4)7-14(13)19-5/h6-7,10,16H,8-9H2,1-5H3,(H,17,18). The maximum absolute atomic E-state index is 11.7. The minimum atomic E-state index is -0.00557. The fraction of sp³-hybridized carbons (Fsp3) is 0.533. The summed E-state index contributed by atoms with van der Waals surface area (Å²) >= 11 is 0. The molecule has 0 fully saturated rings. The van der Waals surface area contributed by atoms with Gasteiger partial charge in [-0.3, -0.25) is 4.79 Å². The summed E-state index contributed by atoms with van der Waals surface area (Å²) in [5, 5.41) is 5.98. The number of carbonyl (C=O) groups is 1. The number of nitrogens with one attached hydrogen (secondary N) is 2. The van der Waals surface area contributed by atoms with Crippen molar-refractivity contribution in [1.82, 2.24) is 10.6 Å². The van der Waals surface area contributed by atoms with E-state index in [0.29, 0.717) is 19.1 Å². The highest BCUT2D eigenvalue weighted by molar-refractivity contribution is 5.78. The fourth-order valence-corrected chi connectivity index (χ4v) is 1.73. The van der Waals surface area contributed by atoms with Gasteiger partial charge in [-0.2, -0.15) is 0 Å². The van der Waals surface area contributed by atoms with Gasteiger partial charge >= 0.3 is 0 Å².